The lowest BCUT2D eigenvalue weighted by Crippen LogP contribution is -2.39. The second kappa shape index (κ2) is 12.7. The zero-order valence-electron chi connectivity index (χ0n) is 24.9. The molecule has 14 heteroatoms. The number of halogens is 1. The molecule has 13 nitrogen and oxygen atoms in total. The number of carbonyl (C=O) groups is 2. The first-order valence-electron chi connectivity index (χ1n) is 14.6. The minimum atomic E-state index is -0.521. The van der Waals surface area contributed by atoms with E-state index in [-0.39, 0.29) is 30.1 Å². The third-order valence-electron chi connectivity index (χ3n) is 8.24. The number of nitrogens with one attached hydrogen (secondary N) is 1. The van der Waals surface area contributed by atoms with Crippen LogP contribution in [0.25, 0.3) is 22.3 Å². The van der Waals surface area contributed by atoms with Crippen LogP contribution in [-0.2, 0) is 6.54 Å². The van der Waals surface area contributed by atoms with E-state index in [0.29, 0.717) is 34.8 Å². The van der Waals surface area contributed by atoms with Gasteiger partial charge in [-0.15, -0.1) is 0 Å². The molecule has 2 amide bonds. The second-order valence-electron chi connectivity index (χ2n) is 11.1. The van der Waals surface area contributed by atoms with Gasteiger partial charge in [-0.2, -0.15) is 14.9 Å². The minimum absolute atomic E-state index is 0.00963. The van der Waals surface area contributed by atoms with Crippen LogP contribution in [0.1, 0.15) is 47.6 Å². The molecule has 2 aromatic carbocycles. The molecular formula is C31H33FN10O3. The zero-order chi connectivity index (χ0) is 31.5. The number of hydrogen-bond donors (Lipinski definition) is 2. The van der Waals surface area contributed by atoms with Gasteiger partial charge in [-0.3, -0.25) is 4.79 Å². The Morgan fingerprint density at radius 2 is 1.91 bits per heavy atom. The van der Waals surface area contributed by atoms with E-state index < -0.39 is 11.7 Å². The Kier molecular flexibility index (Phi) is 8.36. The standard InChI is InChI=1S/C31H33FN10O3/c1-40(31(44)41-18-34-16-38-41)15-21-5-3-4-6-24(21)42-29-26(28(33)36-17-37-29)27(39-42)20-9-7-19(8-10-20)14-35-30(43)23-13-22(32)11-12-25(23)45-2/h7-13,16-18,21,24H,3-6,14-15H2,1-2H3,(H,35,43)(H2,33,36,37). The molecule has 1 aliphatic rings. The van der Waals surface area contributed by atoms with Gasteiger partial charge in [0, 0.05) is 25.7 Å². The van der Waals surface area contributed by atoms with Crippen molar-refractivity contribution < 1.29 is 18.7 Å². The van der Waals surface area contributed by atoms with Crippen molar-refractivity contribution in [1.29, 1.82) is 0 Å². The fourth-order valence-corrected chi connectivity index (χ4v) is 5.98. The summed E-state index contributed by atoms with van der Waals surface area (Å²) in [5.41, 5.74) is 9.45. The average Bonchev–Trinajstić information content (AvgIpc) is 3.73. The number of amides is 2. The second-order valence-corrected chi connectivity index (χ2v) is 11.1. The van der Waals surface area contributed by atoms with Crippen molar-refractivity contribution in [3.05, 3.63) is 78.4 Å². The quantitative estimate of drug-likeness (QED) is 0.263. The summed E-state index contributed by atoms with van der Waals surface area (Å²) in [6, 6.07) is 11.1. The van der Waals surface area contributed by atoms with Crippen molar-refractivity contribution in [3.8, 4) is 17.0 Å². The van der Waals surface area contributed by atoms with Crippen LogP contribution in [-0.4, -0.2) is 72.1 Å². The van der Waals surface area contributed by atoms with Crippen LogP contribution in [0.4, 0.5) is 15.0 Å². The van der Waals surface area contributed by atoms with Gasteiger partial charge in [-0.1, -0.05) is 37.1 Å². The number of nitrogens with two attached hydrogens (primary N) is 1. The smallest absolute Gasteiger partial charge is 0.345 e. The lowest BCUT2D eigenvalue weighted by atomic mass is 9.84. The number of carbonyl (C=O) groups excluding carboxylic acids is 2. The molecule has 0 bridgehead atoms. The van der Waals surface area contributed by atoms with Crippen molar-refractivity contribution >= 4 is 28.8 Å². The summed E-state index contributed by atoms with van der Waals surface area (Å²) in [5, 5.41) is 12.5. The number of ether oxygens (including phenoxy) is 1. The summed E-state index contributed by atoms with van der Waals surface area (Å²) >= 11 is 0. The molecular weight excluding hydrogens is 579 g/mol. The van der Waals surface area contributed by atoms with Gasteiger partial charge in [-0.25, -0.2) is 28.8 Å². The van der Waals surface area contributed by atoms with E-state index in [1.54, 1.807) is 11.9 Å². The molecule has 5 aromatic rings. The third kappa shape index (κ3) is 6.03. The van der Waals surface area contributed by atoms with Crippen molar-refractivity contribution in [2.75, 3.05) is 26.4 Å². The van der Waals surface area contributed by atoms with Crippen LogP contribution in [0.3, 0.4) is 0 Å². The normalized spacial score (nSPS) is 16.4. The Balaban J connectivity index is 1.24. The maximum atomic E-state index is 13.8. The number of nitrogen functional groups attached to an aromatic ring is 1. The molecule has 2 unspecified atom stereocenters. The van der Waals surface area contributed by atoms with E-state index in [0.717, 1.165) is 42.9 Å². The number of nitrogens with zero attached hydrogens (tertiary/aromatic N) is 8. The fraction of sp³-hybridized carbons (Fsp3) is 0.323. The number of fused-ring (bicyclic) bond motifs is 1. The van der Waals surface area contributed by atoms with Crippen LogP contribution in [0.15, 0.2) is 61.4 Å². The van der Waals surface area contributed by atoms with Crippen LogP contribution < -0.4 is 15.8 Å². The number of aromatic nitrogens is 7. The lowest BCUT2D eigenvalue weighted by molar-refractivity contribution is 0.0947. The molecule has 232 valence electrons. The summed E-state index contributed by atoms with van der Waals surface area (Å²) in [6.07, 6.45) is 8.07. The van der Waals surface area contributed by atoms with E-state index in [4.69, 9.17) is 15.6 Å². The molecule has 0 spiro atoms. The summed E-state index contributed by atoms with van der Waals surface area (Å²) in [4.78, 5) is 40.0. The lowest BCUT2D eigenvalue weighted by Gasteiger charge is -2.34. The molecule has 6 rings (SSSR count). The summed E-state index contributed by atoms with van der Waals surface area (Å²) in [5.74, 6) is -0.216. The molecule has 45 heavy (non-hydrogen) atoms. The van der Waals surface area contributed by atoms with Crippen LogP contribution in [0.5, 0.6) is 5.75 Å². The third-order valence-corrected chi connectivity index (χ3v) is 8.24. The van der Waals surface area contributed by atoms with Gasteiger partial charge in [-0.05, 0) is 42.5 Å². The van der Waals surface area contributed by atoms with Crippen LogP contribution >= 0.6 is 0 Å². The summed E-state index contributed by atoms with van der Waals surface area (Å²) < 4.78 is 22.1. The molecule has 3 heterocycles. The topological polar surface area (TPSA) is 159 Å². The molecule has 0 saturated heterocycles. The van der Waals surface area contributed by atoms with Crippen molar-refractivity contribution in [1.82, 2.24) is 44.7 Å². The highest BCUT2D eigenvalue weighted by molar-refractivity contribution is 5.98. The monoisotopic (exact) mass is 612 g/mol. The molecule has 2 atom stereocenters. The van der Waals surface area contributed by atoms with E-state index >= 15 is 0 Å². The first-order chi connectivity index (χ1) is 21.8. The number of rotatable bonds is 8. The first-order valence-corrected chi connectivity index (χ1v) is 14.6. The van der Waals surface area contributed by atoms with Crippen molar-refractivity contribution in [2.45, 2.75) is 38.3 Å². The van der Waals surface area contributed by atoms with Gasteiger partial charge in [0.1, 0.15) is 42.1 Å². The molecule has 1 saturated carbocycles. The Labute approximate surface area is 258 Å². The molecule has 3 N–H and O–H groups in total. The Bertz CT molecular complexity index is 1820. The SMILES string of the molecule is COc1ccc(F)cc1C(=O)NCc1ccc(-c2nn(C3CCCCC3CN(C)C(=O)n3cncn3)c3ncnc(N)c23)cc1. The molecule has 1 fully saturated rings. The highest BCUT2D eigenvalue weighted by Gasteiger charge is 2.32. The number of benzene rings is 2. The van der Waals surface area contributed by atoms with Crippen LogP contribution in [0.2, 0.25) is 0 Å². The van der Waals surface area contributed by atoms with Gasteiger partial charge in [0.25, 0.3) is 5.91 Å². The van der Waals surface area contributed by atoms with Crippen molar-refractivity contribution in [3.63, 3.8) is 0 Å². The molecule has 1 aliphatic carbocycles. The first kappa shape index (κ1) is 29.7. The van der Waals surface area contributed by atoms with Gasteiger partial charge < -0.3 is 20.7 Å². The van der Waals surface area contributed by atoms with Gasteiger partial charge in [0.15, 0.2) is 5.65 Å². The van der Waals surface area contributed by atoms with E-state index in [9.17, 15) is 14.0 Å². The number of anilines is 1. The maximum absolute atomic E-state index is 13.8. The van der Waals surface area contributed by atoms with Gasteiger partial charge in [0.05, 0.1) is 24.1 Å². The minimum Gasteiger partial charge on any atom is -0.496 e. The Morgan fingerprint density at radius 1 is 1.11 bits per heavy atom. The molecule has 3 aromatic heterocycles. The predicted octanol–water partition coefficient (Wildman–Crippen LogP) is 4.08. The van der Waals surface area contributed by atoms with Crippen molar-refractivity contribution in [2.24, 2.45) is 5.92 Å². The van der Waals surface area contributed by atoms with Gasteiger partial charge in [0.2, 0.25) is 0 Å². The number of methoxy groups -OCH3 is 1. The largest absolute Gasteiger partial charge is 0.496 e. The van der Waals surface area contributed by atoms with E-state index in [1.807, 2.05) is 28.9 Å². The van der Waals surface area contributed by atoms with E-state index in [2.05, 4.69) is 25.4 Å². The number of hydrogen-bond acceptors (Lipinski definition) is 9. The van der Waals surface area contributed by atoms with Gasteiger partial charge >= 0.3 is 6.03 Å². The molecule has 0 aliphatic heterocycles. The zero-order valence-corrected chi connectivity index (χ0v) is 24.9. The summed E-state index contributed by atoms with van der Waals surface area (Å²) in [6.45, 7) is 0.742. The summed E-state index contributed by atoms with van der Waals surface area (Å²) in [7, 11) is 3.20. The average molecular weight is 613 g/mol. The fourth-order valence-electron chi connectivity index (χ4n) is 5.98. The highest BCUT2D eigenvalue weighted by Crippen LogP contribution is 2.39. The predicted molar refractivity (Wildman–Crippen MR) is 164 cm³/mol. The molecule has 0 radical (unpaired) electrons. The highest BCUT2D eigenvalue weighted by atomic mass is 19.1. The van der Waals surface area contributed by atoms with Crippen LogP contribution in [0, 0.1) is 11.7 Å². The Hall–Kier alpha value is -5.40. The maximum Gasteiger partial charge on any atom is 0.345 e. The Morgan fingerprint density at radius 3 is 2.67 bits per heavy atom. The van der Waals surface area contributed by atoms with E-state index in [1.165, 1.54) is 42.9 Å².